The van der Waals surface area contributed by atoms with Crippen LogP contribution in [0.4, 0.5) is 0 Å². The summed E-state index contributed by atoms with van der Waals surface area (Å²) in [6, 6.07) is 0. The van der Waals surface area contributed by atoms with Crippen LogP contribution >= 0.6 is 9.03 Å². The first-order chi connectivity index (χ1) is 10.1. The molecule has 0 amide bonds. The summed E-state index contributed by atoms with van der Waals surface area (Å²) >= 11 is 0. The highest BCUT2D eigenvalue weighted by Crippen LogP contribution is 2.36. The Kier molecular flexibility index (Phi) is 6.40. The van der Waals surface area contributed by atoms with Crippen LogP contribution in [-0.2, 0) is 18.6 Å². The van der Waals surface area contributed by atoms with Gasteiger partial charge in [0.05, 0.1) is 24.0 Å². The summed E-state index contributed by atoms with van der Waals surface area (Å²) in [6.07, 6.45) is 5.94. The lowest BCUT2D eigenvalue weighted by molar-refractivity contribution is -0.146. The minimum atomic E-state index is -0.814. The van der Waals surface area contributed by atoms with Crippen LogP contribution in [-0.4, -0.2) is 34.4 Å². The summed E-state index contributed by atoms with van der Waals surface area (Å²) in [5, 5.41) is 18.4. The SMILES string of the molecule is O=C(O)C1CCCCC1OPOC1CCCCC1C(=O)O. The number of hydrogen-bond acceptors (Lipinski definition) is 4. The highest BCUT2D eigenvalue weighted by atomic mass is 31.1. The van der Waals surface area contributed by atoms with Gasteiger partial charge in [-0.15, -0.1) is 0 Å². The summed E-state index contributed by atoms with van der Waals surface area (Å²) in [5.41, 5.74) is 0. The molecular weight excluding hydrogens is 295 g/mol. The molecule has 0 saturated heterocycles. The molecule has 2 rings (SSSR count). The normalized spacial score (nSPS) is 34.1. The molecule has 0 radical (unpaired) electrons. The van der Waals surface area contributed by atoms with Crippen molar-refractivity contribution in [3.05, 3.63) is 0 Å². The first-order valence-corrected chi connectivity index (χ1v) is 8.43. The minimum absolute atomic E-state index is 0.275. The highest BCUT2D eigenvalue weighted by molar-refractivity contribution is 7.26. The van der Waals surface area contributed by atoms with Crippen molar-refractivity contribution >= 4 is 21.0 Å². The van der Waals surface area contributed by atoms with E-state index in [1.165, 1.54) is 0 Å². The van der Waals surface area contributed by atoms with E-state index >= 15 is 0 Å². The summed E-state index contributed by atoms with van der Waals surface area (Å²) in [5.74, 6) is -2.55. The van der Waals surface area contributed by atoms with Crippen molar-refractivity contribution < 1.29 is 28.8 Å². The van der Waals surface area contributed by atoms with E-state index < -0.39 is 23.8 Å². The Morgan fingerprint density at radius 1 is 0.762 bits per heavy atom. The van der Waals surface area contributed by atoms with E-state index in [0.29, 0.717) is 12.8 Å². The number of aliphatic carboxylic acids is 2. The van der Waals surface area contributed by atoms with Crippen LogP contribution in [0.25, 0.3) is 0 Å². The third-order valence-corrected chi connectivity index (χ3v) is 5.24. The predicted octanol–water partition coefficient (Wildman–Crippen LogP) is 2.81. The van der Waals surface area contributed by atoms with Crippen LogP contribution in [0.5, 0.6) is 0 Å². The van der Waals surface area contributed by atoms with Crippen molar-refractivity contribution in [3.63, 3.8) is 0 Å². The largest absolute Gasteiger partial charge is 0.481 e. The number of carboxylic acids is 2. The van der Waals surface area contributed by atoms with Crippen LogP contribution in [0.1, 0.15) is 51.4 Å². The van der Waals surface area contributed by atoms with Crippen molar-refractivity contribution in [2.45, 2.75) is 63.6 Å². The van der Waals surface area contributed by atoms with Gasteiger partial charge in [0.1, 0.15) is 0 Å². The van der Waals surface area contributed by atoms with Crippen LogP contribution in [0.15, 0.2) is 0 Å². The van der Waals surface area contributed by atoms with Gasteiger partial charge in [0.25, 0.3) is 0 Å². The van der Waals surface area contributed by atoms with E-state index in [1.807, 2.05) is 0 Å². The Balaban J connectivity index is 1.79. The molecule has 4 unspecified atom stereocenters. The molecule has 0 aromatic rings. The summed E-state index contributed by atoms with van der Waals surface area (Å²) in [4.78, 5) is 22.4. The molecule has 2 fully saturated rings. The molecule has 0 aromatic heterocycles. The third kappa shape index (κ3) is 4.63. The Labute approximate surface area is 126 Å². The maximum absolute atomic E-state index is 11.2. The van der Waals surface area contributed by atoms with Crippen LogP contribution in [0.3, 0.4) is 0 Å². The second-order valence-corrected chi connectivity index (χ2v) is 6.49. The van der Waals surface area contributed by atoms with Crippen molar-refractivity contribution in [2.24, 2.45) is 11.8 Å². The average Bonchev–Trinajstić information content (AvgIpc) is 2.48. The zero-order valence-electron chi connectivity index (χ0n) is 12.0. The molecule has 2 aliphatic rings. The fraction of sp³-hybridized carbons (Fsp3) is 0.857. The van der Waals surface area contributed by atoms with Gasteiger partial charge in [-0.2, -0.15) is 0 Å². The van der Waals surface area contributed by atoms with Crippen LogP contribution < -0.4 is 0 Å². The van der Waals surface area contributed by atoms with Gasteiger partial charge in [-0.1, -0.05) is 25.7 Å². The molecular formula is C14H23O6P. The molecule has 120 valence electrons. The molecule has 0 aromatic carbocycles. The molecule has 4 atom stereocenters. The Morgan fingerprint density at radius 2 is 1.14 bits per heavy atom. The predicted molar refractivity (Wildman–Crippen MR) is 77.2 cm³/mol. The average molecular weight is 318 g/mol. The van der Waals surface area contributed by atoms with Crippen LogP contribution in [0.2, 0.25) is 0 Å². The van der Waals surface area contributed by atoms with E-state index in [9.17, 15) is 19.8 Å². The monoisotopic (exact) mass is 318 g/mol. The van der Waals surface area contributed by atoms with Gasteiger partial charge in [-0.25, -0.2) is 0 Å². The fourth-order valence-corrected chi connectivity index (χ4v) is 4.06. The molecule has 7 heteroatoms. The maximum Gasteiger partial charge on any atom is 0.309 e. The van der Waals surface area contributed by atoms with E-state index in [-0.39, 0.29) is 21.2 Å². The van der Waals surface area contributed by atoms with E-state index in [1.54, 1.807) is 0 Å². The van der Waals surface area contributed by atoms with Crippen molar-refractivity contribution in [2.75, 3.05) is 0 Å². The smallest absolute Gasteiger partial charge is 0.309 e. The second kappa shape index (κ2) is 8.06. The molecule has 0 bridgehead atoms. The lowest BCUT2D eigenvalue weighted by Crippen LogP contribution is -2.33. The van der Waals surface area contributed by atoms with E-state index in [2.05, 4.69) is 0 Å². The lowest BCUT2D eigenvalue weighted by atomic mass is 9.87. The summed E-state index contributed by atoms with van der Waals surface area (Å²) in [6.45, 7) is 0. The topological polar surface area (TPSA) is 93.1 Å². The zero-order chi connectivity index (χ0) is 15.2. The van der Waals surface area contributed by atoms with Gasteiger partial charge in [0.15, 0.2) is 9.03 Å². The Bertz CT molecular complexity index is 340. The van der Waals surface area contributed by atoms with Gasteiger partial charge < -0.3 is 19.3 Å². The van der Waals surface area contributed by atoms with Crippen molar-refractivity contribution in [3.8, 4) is 0 Å². The minimum Gasteiger partial charge on any atom is -0.481 e. The van der Waals surface area contributed by atoms with Gasteiger partial charge in [0, 0.05) is 0 Å². The standard InChI is InChI=1S/C14H23O6P/c15-13(16)9-5-1-3-7-11(9)19-21-20-12-8-4-2-6-10(12)14(17)18/h9-12,21H,1-8H2,(H,15,16)(H,17,18). The number of hydrogen-bond donors (Lipinski definition) is 2. The Hall–Kier alpha value is -0.710. The second-order valence-electron chi connectivity index (χ2n) is 5.85. The van der Waals surface area contributed by atoms with Crippen LogP contribution in [0, 0.1) is 11.8 Å². The molecule has 0 spiro atoms. The lowest BCUT2D eigenvalue weighted by Gasteiger charge is -2.31. The van der Waals surface area contributed by atoms with E-state index in [0.717, 1.165) is 38.5 Å². The molecule has 2 N–H and O–H groups in total. The summed E-state index contributed by atoms with van der Waals surface area (Å²) in [7, 11) is -0.275. The maximum atomic E-state index is 11.2. The summed E-state index contributed by atoms with van der Waals surface area (Å²) < 4.78 is 11.2. The first-order valence-electron chi connectivity index (χ1n) is 7.61. The van der Waals surface area contributed by atoms with Gasteiger partial charge >= 0.3 is 11.9 Å². The van der Waals surface area contributed by atoms with Gasteiger partial charge in [-0.05, 0) is 25.7 Å². The first kappa shape index (κ1) is 16.7. The number of rotatable bonds is 6. The molecule has 0 aliphatic heterocycles. The van der Waals surface area contributed by atoms with Crippen molar-refractivity contribution in [1.29, 1.82) is 0 Å². The quantitative estimate of drug-likeness (QED) is 0.732. The molecule has 6 nitrogen and oxygen atoms in total. The van der Waals surface area contributed by atoms with E-state index in [4.69, 9.17) is 9.05 Å². The molecule has 2 aliphatic carbocycles. The van der Waals surface area contributed by atoms with Gasteiger partial charge in [0.2, 0.25) is 0 Å². The molecule has 21 heavy (non-hydrogen) atoms. The molecule has 0 heterocycles. The zero-order valence-corrected chi connectivity index (χ0v) is 13.0. The number of carboxylic acid groups (broad SMARTS) is 2. The van der Waals surface area contributed by atoms with Crippen molar-refractivity contribution in [1.82, 2.24) is 0 Å². The van der Waals surface area contributed by atoms with Gasteiger partial charge in [-0.3, -0.25) is 9.59 Å². The fourth-order valence-electron chi connectivity index (χ4n) is 3.19. The number of carbonyl (C=O) groups is 2. The molecule has 2 saturated carbocycles. The third-order valence-electron chi connectivity index (χ3n) is 4.44. The Morgan fingerprint density at radius 3 is 1.52 bits per heavy atom. The highest BCUT2D eigenvalue weighted by Gasteiger charge is 2.34.